The van der Waals surface area contributed by atoms with Gasteiger partial charge >= 0.3 is 29.8 Å². The Morgan fingerprint density at radius 2 is 0.750 bits per heavy atom. The number of aliphatic hydroxyl groups is 1. The molecule has 7 aliphatic carbocycles. The molecule has 0 aliphatic heterocycles. The van der Waals surface area contributed by atoms with Crippen LogP contribution < -0.4 is 4.74 Å². The lowest BCUT2D eigenvalue weighted by Crippen LogP contribution is -2.61. The van der Waals surface area contributed by atoms with Crippen LogP contribution in [0.15, 0.2) is 72.8 Å². The van der Waals surface area contributed by atoms with Crippen LogP contribution in [-0.4, -0.2) is 78.3 Å². The van der Waals surface area contributed by atoms with Gasteiger partial charge in [-0.3, -0.25) is 24.0 Å². The maximum atomic E-state index is 12.4. The first-order valence-corrected chi connectivity index (χ1v) is 40.4. The van der Waals surface area contributed by atoms with Gasteiger partial charge in [0.15, 0.2) is 0 Å². The van der Waals surface area contributed by atoms with Gasteiger partial charge in [0.1, 0.15) is 45.4 Å². The van der Waals surface area contributed by atoms with Crippen LogP contribution in [0.4, 0.5) is 0 Å². The van der Waals surface area contributed by atoms with Crippen molar-refractivity contribution in [2.45, 2.75) is 380 Å². The Morgan fingerprint density at radius 1 is 0.423 bits per heavy atom. The minimum Gasteiger partial charge on any atom is -0.508 e. The van der Waals surface area contributed by atoms with Gasteiger partial charge in [-0.25, -0.2) is 0 Å². The van der Waals surface area contributed by atoms with Crippen LogP contribution in [0.3, 0.4) is 0 Å². The minimum absolute atomic E-state index is 0.0197. The Labute approximate surface area is 631 Å². The first kappa shape index (κ1) is 92.6. The highest BCUT2D eigenvalue weighted by Gasteiger charge is 2.60. The van der Waals surface area contributed by atoms with E-state index < -0.39 is 16.4 Å². The number of aromatic hydroxyl groups is 3. The number of benzene rings is 3. The van der Waals surface area contributed by atoms with Gasteiger partial charge in [-0.2, -0.15) is 0 Å². The van der Waals surface area contributed by atoms with E-state index in [0.717, 1.165) is 116 Å². The molecule has 4 atom stereocenters. The molecule has 3 aromatic carbocycles. The molecular weight excluding hydrogens is 1300 g/mol. The maximum absolute atomic E-state index is 12.4. The summed E-state index contributed by atoms with van der Waals surface area (Å²) in [6.45, 7) is 51.2. The molecule has 14 nitrogen and oxygen atoms in total. The third-order valence-corrected chi connectivity index (χ3v) is 25.0. The Hall–Kier alpha value is -5.63. The summed E-state index contributed by atoms with van der Waals surface area (Å²) in [5, 5.41) is 37.7. The Morgan fingerprint density at radius 3 is 1.09 bits per heavy atom. The quantitative estimate of drug-likeness (QED) is 0.0444. The van der Waals surface area contributed by atoms with Crippen molar-refractivity contribution in [3.63, 3.8) is 0 Å². The van der Waals surface area contributed by atoms with Gasteiger partial charge in [0.25, 0.3) is 0 Å². The minimum atomic E-state index is -0.555. The molecule has 104 heavy (non-hydrogen) atoms. The van der Waals surface area contributed by atoms with Gasteiger partial charge < -0.3 is 44.1 Å². The number of esters is 5. The van der Waals surface area contributed by atoms with Crippen LogP contribution >= 0.6 is 0 Å². The van der Waals surface area contributed by atoms with Gasteiger partial charge in [-0.15, -0.1) is 0 Å². The maximum Gasteiger partial charge on any atom is 0.316 e. The van der Waals surface area contributed by atoms with Gasteiger partial charge in [-0.1, -0.05) is 128 Å². The van der Waals surface area contributed by atoms with Crippen molar-refractivity contribution in [1.82, 2.24) is 0 Å². The third-order valence-electron chi connectivity index (χ3n) is 25.0. The summed E-state index contributed by atoms with van der Waals surface area (Å²) >= 11 is 0. The highest BCUT2D eigenvalue weighted by molar-refractivity contribution is 5.79. The van der Waals surface area contributed by atoms with Gasteiger partial charge in [-0.05, 0) is 319 Å². The van der Waals surface area contributed by atoms with Gasteiger partial charge in [0.05, 0.1) is 32.7 Å². The highest BCUT2D eigenvalue weighted by atomic mass is 16.6. The lowest BCUT2D eigenvalue weighted by Gasteiger charge is -2.59. The lowest BCUT2D eigenvalue weighted by molar-refractivity contribution is -0.225. The summed E-state index contributed by atoms with van der Waals surface area (Å²) in [5.74, 6) is 3.62. The Balaban J connectivity index is 0.000000317. The molecule has 10 rings (SSSR count). The van der Waals surface area contributed by atoms with Crippen molar-refractivity contribution in [3.05, 3.63) is 83.9 Å². The zero-order valence-electron chi connectivity index (χ0n) is 70.1. The number of hydrogen-bond acceptors (Lipinski definition) is 14. The normalized spacial score (nSPS) is 21.8. The SMILES string of the molecule is CCC(C)(C)C(=O)OC1(C(C)(C)C)CCCC1.CCC(C)(C)C(=O)OC1(C(C)C)CCCC1.CCC(C)(C)C(=O)OC12CC3CC(CC(O)(C3)C1)C2.CCC(C)(C)C(=O)Oc1ccc(O)cc1.CCC(C)c1ccc(O)cc1.CCC(C)c1ccc(O)cc1.CCC1(OC(=O)C(C)(C)CC)CCCC1. The molecule has 4 N–H and O–H groups in total. The Kier molecular flexibility index (Phi) is 35.1. The van der Waals surface area contributed by atoms with Crippen LogP contribution in [0.5, 0.6) is 23.0 Å². The van der Waals surface area contributed by atoms with Crippen molar-refractivity contribution >= 4 is 29.8 Å². The standard InChI is InChI=1S/C16H26O3.C15H28O2.C14H26O2.C13H24O2.C12H16O3.2C10H14O/c1-4-14(2,3)13(17)19-16-8-11-5-12(9-16)7-15(18,6-11)10-16;1-7-14(5,6)12(16)17-15(13(2,3)4)10-8-9-11-15;1-6-13(4,5)12(15)16-14(11(2)3)9-7-8-10-14;1-5-12(3,4)11(14)15-13(6-2)9-7-8-10-13;1-4-12(2,3)11(14)15-10-7-5-9(13)6-8-10;2*1-3-8(2)9-4-6-10(11)7-5-9/h11-12,18H,4-10H2,1-3H3;7-11H2,1-6H3;11H,6-10H2,1-5H3;5-10H2,1-4H3;5-8,13H,4H2,1-3H3;2*4-8,11H,3H2,1-2H3. The molecule has 3 aromatic rings. The summed E-state index contributed by atoms with van der Waals surface area (Å²) in [7, 11) is 0. The number of hydrogen-bond donors (Lipinski definition) is 4. The van der Waals surface area contributed by atoms with E-state index in [1.54, 1.807) is 36.4 Å². The van der Waals surface area contributed by atoms with Crippen molar-refractivity contribution < 1.29 is 68.1 Å². The first-order valence-electron chi connectivity index (χ1n) is 40.4. The molecule has 7 saturated carbocycles. The fraction of sp³-hybridized carbons (Fsp3) is 0.744. The lowest BCUT2D eigenvalue weighted by atomic mass is 9.52. The van der Waals surface area contributed by atoms with E-state index in [-0.39, 0.29) is 79.7 Å². The van der Waals surface area contributed by atoms with E-state index in [1.165, 1.54) is 68.2 Å². The number of rotatable bonds is 21. The van der Waals surface area contributed by atoms with E-state index in [2.05, 4.69) is 69.2 Å². The summed E-state index contributed by atoms with van der Waals surface area (Å²) < 4.78 is 28.8. The average molecular weight is 1450 g/mol. The number of carbonyl (C=O) groups is 5. The van der Waals surface area contributed by atoms with Crippen molar-refractivity contribution in [2.75, 3.05) is 0 Å². The molecule has 0 spiro atoms. The van der Waals surface area contributed by atoms with Crippen molar-refractivity contribution in [1.29, 1.82) is 0 Å². The molecule has 0 radical (unpaired) electrons. The molecule has 7 aliphatic rings. The van der Waals surface area contributed by atoms with E-state index in [9.17, 15) is 29.1 Å². The summed E-state index contributed by atoms with van der Waals surface area (Å²) in [6.07, 6.45) is 26.3. The van der Waals surface area contributed by atoms with Crippen molar-refractivity contribution in [2.24, 2.45) is 50.2 Å². The van der Waals surface area contributed by atoms with E-state index in [0.29, 0.717) is 53.3 Å². The van der Waals surface area contributed by atoms with Crippen LogP contribution in [0.25, 0.3) is 0 Å². The van der Waals surface area contributed by atoms with Crippen molar-refractivity contribution in [3.8, 4) is 23.0 Å². The van der Waals surface area contributed by atoms with E-state index >= 15 is 0 Å². The molecule has 0 saturated heterocycles. The first-order chi connectivity index (χ1) is 48.1. The molecule has 0 heterocycles. The van der Waals surface area contributed by atoms with Crippen LogP contribution in [0.2, 0.25) is 0 Å². The predicted octanol–water partition coefficient (Wildman–Crippen LogP) is 23.5. The molecule has 4 unspecified atom stereocenters. The van der Waals surface area contributed by atoms with Crippen LogP contribution in [0, 0.1) is 50.2 Å². The fourth-order valence-corrected chi connectivity index (χ4v) is 14.4. The largest absolute Gasteiger partial charge is 0.508 e. The predicted molar refractivity (Wildman–Crippen MR) is 423 cm³/mol. The fourth-order valence-electron chi connectivity index (χ4n) is 14.4. The number of ether oxygens (including phenoxy) is 5. The van der Waals surface area contributed by atoms with Crippen LogP contribution in [-0.2, 0) is 42.9 Å². The molecular formula is C90H148O14. The topological polar surface area (TPSA) is 212 Å². The average Bonchev–Trinajstić information content (AvgIpc) is 0.966. The summed E-state index contributed by atoms with van der Waals surface area (Å²) in [6, 6.07) is 21.0. The second-order valence-corrected chi connectivity index (χ2v) is 36.4. The smallest absolute Gasteiger partial charge is 0.316 e. The molecule has 592 valence electrons. The van der Waals surface area contributed by atoms with Crippen LogP contribution in [0.1, 0.15) is 363 Å². The second-order valence-electron chi connectivity index (χ2n) is 36.4. The molecule has 0 amide bonds. The monoisotopic (exact) mass is 1450 g/mol. The van der Waals surface area contributed by atoms with E-state index in [1.807, 2.05) is 128 Å². The molecule has 0 aromatic heterocycles. The summed E-state index contributed by atoms with van der Waals surface area (Å²) in [4.78, 5) is 60.5. The Bertz CT molecular complexity index is 3000. The third kappa shape index (κ3) is 26.9. The zero-order valence-corrected chi connectivity index (χ0v) is 70.1. The zero-order chi connectivity index (χ0) is 79.1. The number of phenolic OH excluding ortho intramolecular Hbond substituents is 3. The number of phenols is 3. The molecule has 7 fully saturated rings. The number of carbonyl (C=O) groups excluding carboxylic acids is 5. The molecule has 4 bridgehead atoms. The summed E-state index contributed by atoms with van der Waals surface area (Å²) in [5.41, 5.74) is -0.758. The second kappa shape index (κ2) is 39.5. The van der Waals surface area contributed by atoms with Gasteiger partial charge in [0, 0.05) is 11.8 Å². The van der Waals surface area contributed by atoms with E-state index in [4.69, 9.17) is 39.0 Å². The highest BCUT2D eigenvalue weighted by Crippen LogP contribution is 2.59. The van der Waals surface area contributed by atoms with Gasteiger partial charge in [0.2, 0.25) is 0 Å². The molecule has 14 heteroatoms.